The predicted molar refractivity (Wildman–Crippen MR) is 109 cm³/mol. The lowest BCUT2D eigenvalue weighted by atomic mass is 10.0. The van der Waals surface area contributed by atoms with Crippen LogP contribution < -0.4 is 5.73 Å². The van der Waals surface area contributed by atoms with Gasteiger partial charge < -0.3 is 15.5 Å². The predicted octanol–water partition coefficient (Wildman–Crippen LogP) is 0.746. The summed E-state index contributed by atoms with van der Waals surface area (Å²) >= 11 is 0. The number of piperazine rings is 1. The van der Waals surface area contributed by atoms with Gasteiger partial charge in [-0.15, -0.1) is 0 Å². The van der Waals surface area contributed by atoms with Crippen molar-refractivity contribution in [2.45, 2.75) is 56.4 Å². The number of nitrogens with zero attached hydrogens (tertiary/aromatic N) is 5. The Morgan fingerprint density at radius 3 is 2.87 bits per heavy atom. The molecule has 3 heterocycles. The fourth-order valence-corrected chi connectivity index (χ4v) is 5.14. The molecule has 2 bridgehead atoms. The summed E-state index contributed by atoms with van der Waals surface area (Å²) in [5, 5.41) is 18.4. The fourth-order valence-electron chi connectivity index (χ4n) is 5.14. The van der Waals surface area contributed by atoms with Crippen molar-refractivity contribution in [3.05, 3.63) is 35.4 Å². The largest absolute Gasteiger partial charge is 0.330 e. The molecule has 4 rings (SSSR count). The maximum atomic E-state index is 13.1. The van der Waals surface area contributed by atoms with Crippen molar-refractivity contribution < 1.29 is 9.59 Å². The number of nitriles is 2. The Hall–Kier alpha value is -2.94. The van der Waals surface area contributed by atoms with E-state index in [2.05, 4.69) is 12.1 Å². The van der Waals surface area contributed by atoms with Crippen molar-refractivity contribution in [2.24, 2.45) is 5.73 Å². The zero-order chi connectivity index (χ0) is 21.4. The van der Waals surface area contributed by atoms with Gasteiger partial charge in [-0.1, -0.05) is 12.1 Å². The van der Waals surface area contributed by atoms with Gasteiger partial charge in [0.2, 0.25) is 11.8 Å². The number of fused-ring (bicyclic) bond motifs is 2. The summed E-state index contributed by atoms with van der Waals surface area (Å²) in [4.78, 5) is 31.3. The molecule has 0 aliphatic carbocycles. The summed E-state index contributed by atoms with van der Waals surface area (Å²) in [6.45, 7) is 3.57. The highest BCUT2D eigenvalue weighted by atomic mass is 16.2. The Morgan fingerprint density at radius 1 is 1.37 bits per heavy atom. The zero-order valence-electron chi connectivity index (χ0n) is 17.1. The monoisotopic (exact) mass is 406 g/mol. The maximum absolute atomic E-state index is 13.1. The topological polar surface area (TPSA) is 117 Å². The summed E-state index contributed by atoms with van der Waals surface area (Å²) in [7, 11) is 0. The third kappa shape index (κ3) is 3.43. The van der Waals surface area contributed by atoms with Gasteiger partial charge in [0.05, 0.1) is 35.8 Å². The van der Waals surface area contributed by atoms with Crippen LogP contribution in [-0.4, -0.2) is 70.3 Å². The molecule has 0 saturated carbocycles. The van der Waals surface area contributed by atoms with Crippen LogP contribution in [0.3, 0.4) is 0 Å². The molecular formula is C22H26N6O2. The standard InChI is InChI=1S/C22H26N6O2/c1-14(16-5-2-4-15(8-16)10-23)28-18-9-20(22(28)30)26(12-18)13-19(25)21(29)27-7-3-6-17(27)11-24/h2,4-5,8,14,17-20H,3,6-7,9,12-13,25H2,1H3/t14-,17-,18?,19-,20+/m0/s1. The lowest BCUT2D eigenvalue weighted by molar-refractivity contribution is -0.140. The SMILES string of the molecule is C[C@@H](c1cccc(C#N)c1)N1C(=O)[C@H]2CC1CN2C[C@H](N)C(=O)N1CCC[C@H]1C#N. The first-order chi connectivity index (χ1) is 14.4. The second kappa shape index (κ2) is 8.06. The molecule has 2 amide bonds. The molecule has 3 aliphatic heterocycles. The lowest BCUT2D eigenvalue weighted by Gasteiger charge is -2.38. The van der Waals surface area contributed by atoms with Crippen LogP contribution in [0.5, 0.6) is 0 Å². The van der Waals surface area contributed by atoms with Gasteiger partial charge in [-0.3, -0.25) is 14.5 Å². The number of carbonyl (C=O) groups is 2. The van der Waals surface area contributed by atoms with Gasteiger partial charge >= 0.3 is 0 Å². The molecule has 0 spiro atoms. The minimum absolute atomic E-state index is 0.0526. The molecule has 1 aromatic carbocycles. The number of hydrogen-bond acceptors (Lipinski definition) is 6. The van der Waals surface area contributed by atoms with Crippen molar-refractivity contribution in [1.29, 1.82) is 10.5 Å². The van der Waals surface area contributed by atoms with Crippen LogP contribution in [0.15, 0.2) is 24.3 Å². The Balaban J connectivity index is 1.40. The maximum Gasteiger partial charge on any atom is 0.241 e. The average Bonchev–Trinajstić information content (AvgIpc) is 3.47. The van der Waals surface area contributed by atoms with E-state index >= 15 is 0 Å². The molecule has 1 aromatic rings. The van der Waals surface area contributed by atoms with Gasteiger partial charge in [0, 0.05) is 25.7 Å². The van der Waals surface area contributed by atoms with Crippen LogP contribution in [0.4, 0.5) is 0 Å². The van der Waals surface area contributed by atoms with Crippen molar-refractivity contribution in [1.82, 2.24) is 14.7 Å². The van der Waals surface area contributed by atoms with E-state index in [1.54, 1.807) is 11.0 Å². The smallest absolute Gasteiger partial charge is 0.241 e. The van der Waals surface area contributed by atoms with Crippen molar-refractivity contribution >= 4 is 11.8 Å². The number of amides is 2. The van der Waals surface area contributed by atoms with E-state index in [1.807, 2.05) is 34.9 Å². The van der Waals surface area contributed by atoms with Gasteiger partial charge in [-0.05, 0) is 43.9 Å². The molecule has 156 valence electrons. The molecule has 0 radical (unpaired) electrons. The van der Waals surface area contributed by atoms with E-state index in [4.69, 9.17) is 11.0 Å². The zero-order valence-corrected chi connectivity index (χ0v) is 17.1. The molecule has 8 nitrogen and oxygen atoms in total. The Bertz CT molecular complexity index is 934. The van der Waals surface area contributed by atoms with Crippen molar-refractivity contribution in [3.63, 3.8) is 0 Å². The molecular weight excluding hydrogens is 380 g/mol. The Kier molecular flexibility index (Phi) is 5.46. The second-order valence-corrected chi connectivity index (χ2v) is 8.44. The van der Waals surface area contributed by atoms with Crippen LogP contribution in [0.25, 0.3) is 0 Å². The van der Waals surface area contributed by atoms with Gasteiger partial charge in [0.25, 0.3) is 0 Å². The average molecular weight is 406 g/mol. The van der Waals surface area contributed by atoms with Gasteiger partial charge in [-0.2, -0.15) is 10.5 Å². The lowest BCUT2D eigenvalue weighted by Crippen LogP contribution is -2.56. The minimum atomic E-state index is -0.732. The molecule has 3 aliphatic rings. The molecule has 3 saturated heterocycles. The Labute approximate surface area is 176 Å². The quantitative estimate of drug-likeness (QED) is 0.771. The highest BCUT2D eigenvalue weighted by Crippen LogP contribution is 2.38. The van der Waals surface area contributed by atoms with E-state index in [9.17, 15) is 14.9 Å². The van der Waals surface area contributed by atoms with Gasteiger partial charge in [0.15, 0.2) is 0 Å². The molecule has 30 heavy (non-hydrogen) atoms. The summed E-state index contributed by atoms with van der Waals surface area (Å²) in [6, 6.07) is 10.3. The first-order valence-corrected chi connectivity index (χ1v) is 10.5. The highest BCUT2D eigenvalue weighted by Gasteiger charge is 2.51. The normalized spacial score (nSPS) is 27.7. The first-order valence-electron chi connectivity index (χ1n) is 10.5. The number of carbonyl (C=O) groups excluding carboxylic acids is 2. The van der Waals surface area contributed by atoms with Gasteiger partial charge in [-0.25, -0.2) is 0 Å². The van der Waals surface area contributed by atoms with Crippen LogP contribution in [0.1, 0.15) is 43.4 Å². The third-order valence-electron chi connectivity index (χ3n) is 6.66. The van der Waals surface area contributed by atoms with Crippen molar-refractivity contribution in [3.8, 4) is 12.1 Å². The molecule has 1 unspecified atom stereocenters. The number of benzene rings is 1. The minimum Gasteiger partial charge on any atom is -0.330 e. The molecule has 0 aromatic heterocycles. The third-order valence-corrected chi connectivity index (χ3v) is 6.66. The number of likely N-dealkylation sites (tertiary alicyclic amines) is 3. The summed E-state index contributed by atoms with van der Waals surface area (Å²) in [6.07, 6.45) is 2.25. The first kappa shape index (κ1) is 20.3. The van der Waals surface area contributed by atoms with Crippen LogP contribution >= 0.6 is 0 Å². The van der Waals surface area contributed by atoms with E-state index < -0.39 is 6.04 Å². The van der Waals surface area contributed by atoms with E-state index in [-0.39, 0.29) is 36.0 Å². The number of nitrogens with two attached hydrogens (primary N) is 1. The Morgan fingerprint density at radius 2 is 2.17 bits per heavy atom. The summed E-state index contributed by atoms with van der Waals surface area (Å²) < 4.78 is 0. The van der Waals surface area contributed by atoms with E-state index in [0.717, 1.165) is 18.4 Å². The molecule has 2 N–H and O–H groups in total. The second-order valence-electron chi connectivity index (χ2n) is 8.44. The molecule has 8 heteroatoms. The van der Waals surface area contributed by atoms with E-state index in [0.29, 0.717) is 31.6 Å². The molecule has 3 fully saturated rings. The number of rotatable bonds is 5. The number of hydrogen-bond donors (Lipinski definition) is 1. The highest BCUT2D eigenvalue weighted by molar-refractivity contribution is 5.87. The molecule has 5 atom stereocenters. The summed E-state index contributed by atoms with van der Waals surface area (Å²) in [5.41, 5.74) is 7.72. The van der Waals surface area contributed by atoms with Crippen LogP contribution in [-0.2, 0) is 9.59 Å². The van der Waals surface area contributed by atoms with Gasteiger partial charge in [0.1, 0.15) is 6.04 Å². The van der Waals surface area contributed by atoms with Crippen LogP contribution in [0.2, 0.25) is 0 Å². The van der Waals surface area contributed by atoms with E-state index in [1.165, 1.54) is 0 Å². The fraction of sp³-hybridized carbons (Fsp3) is 0.545. The van der Waals surface area contributed by atoms with Crippen molar-refractivity contribution in [2.75, 3.05) is 19.6 Å². The summed E-state index contributed by atoms with van der Waals surface area (Å²) in [5.74, 6) is -0.148. The van der Waals surface area contributed by atoms with Crippen LogP contribution in [0, 0.1) is 22.7 Å².